The molecule has 0 amide bonds. The number of aromatic hydroxyl groups is 1. The number of carbonyl (C=O) groups excluding carboxylic acids is 1. The lowest BCUT2D eigenvalue weighted by atomic mass is 9.99. The fourth-order valence-electron chi connectivity index (χ4n) is 3.61. The van der Waals surface area contributed by atoms with E-state index in [1.807, 2.05) is 31.2 Å². The van der Waals surface area contributed by atoms with E-state index in [0.29, 0.717) is 29.2 Å². The molecule has 1 aliphatic heterocycles. The zero-order valence-corrected chi connectivity index (χ0v) is 18.2. The highest BCUT2D eigenvalue weighted by atomic mass is 79.9. The second kappa shape index (κ2) is 8.93. The van der Waals surface area contributed by atoms with Crippen LogP contribution >= 0.6 is 15.9 Å². The van der Waals surface area contributed by atoms with E-state index in [4.69, 9.17) is 4.74 Å². The highest BCUT2D eigenvalue weighted by Gasteiger charge is 2.33. The van der Waals surface area contributed by atoms with Crippen LogP contribution in [0, 0.1) is 6.92 Å². The van der Waals surface area contributed by atoms with E-state index < -0.39 is 0 Å². The molecule has 0 aliphatic carbocycles. The van der Waals surface area contributed by atoms with Gasteiger partial charge < -0.3 is 9.84 Å². The number of phenolic OH excluding ortho intramolecular Hbond substituents is 1. The summed E-state index contributed by atoms with van der Waals surface area (Å²) in [5, 5.41) is 10.6. The van der Waals surface area contributed by atoms with E-state index in [0.717, 1.165) is 41.5 Å². The van der Waals surface area contributed by atoms with Crippen molar-refractivity contribution in [3.8, 4) is 11.5 Å². The van der Waals surface area contributed by atoms with Crippen molar-refractivity contribution >= 4 is 27.8 Å². The number of carbonyl (C=O) groups is 1. The third-order valence-corrected chi connectivity index (χ3v) is 5.32. The number of ketones is 1. The van der Waals surface area contributed by atoms with Crippen molar-refractivity contribution in [1.29, 1.82) is 0 Å². The Labute approximate surface area is 175 Å². The number of benzene rings is 2. The fourth-order valence-corrected chi connectivity index (χ4v) is 4.02. The van der Waals surface area contributed by atoms with Crippen LogP contribution in [-0.4, -0.2) is 28.9 Å². The van der Waals surface area contributed by atoms with Gasteiger partial charge in [-0.05, 0) is 68.3 Å². The molecule has 0 radical (unpaired) electrons. The number of rotatable bonds is 7. The van der Waals surface area contributed by atoms with Crippen molar-refractivity contribution in [2.75, 3.05) is 13.1 Å². The van der Waals surface area contributed by atoms with Crippen LogP contribution in [0.3, 0.4) is 0 Å². The van der Waals surface area contributed by atoms with Crippen LogP contribution < -0.4 is 4.74 Å². The Morgan fingerprint density at radius 3 is 2.54 bits per heavy atom. The minimum absolute atomic E-state index is 0.133. The summed E-state index contributed by atoms with van der Waals surface area (Å²) >= 11 is 3.45. The number of Topliss-reactive ketones (excluding diaryl/α,β-unsaturated/α-hetero) is 1. The van der Waals surface area contributed by atoms with Crippen LogP contribution in [0.15, 0.2) is 40.6 Å². The average Bonchev–Trinajstić information content (AvgIpc) is 2.95. The zero-order chi connectivity index (χ0) is 20.3. The molecule has 0 aromatic heterocycles. The first-order valence-corrected chi connectivity index (χ1v) is 10.5. The molecule has 0 saturated heterocycles. The van der Waals surface area contributed by atoms with Crippen LogP contribution in [-0.2, 0) is 6.54 Å². The van der Waals surface area contributed by atoms with Crippen LogP contribution in [0.2, 0.25) is 0 Å². The molecule has 0 bridgehead atoms. The molecule has 2 aromatic carbocycles. The van der Waals surface area contributed by atoms with Crippen molar-refractivity contribution in [2.45, 2.75) is 40.2 Å². The molecule has 1 aliphatic rings. The lowest BCUT2D eigenvalue weighted by molar-refractivity contribution is 0.101. The Hall–Kier alpha value is -2.11. The van der Waals surface area contributed by atoms with Gasteiger partial charge in [0, 0.05) is 11.0 Å². The second-order valence-corrected chi connectivity index (χ2v) is 8.08. The molecule has 5 heteroatoms. The summed E-state index contributed by atoms with van der Waals surface area (Å²) in [6, 6.07) is 9.38. The van der Waals surface area contributed by atoms with E-state index in [-0.39, 0.29) is 11.5 Å². The van der Waals surface area contributed by atoms with Crippen LogP contribution in [0.5, 0.6) is 11.5 Å². The van der Waals surface area contributed by atoms with Gasteiger partial charge >= 0.3 is 0 Å². The number of hydrogen-bond acceptors (Lipinski definition) is 4. The number of nitrogens with zero attached hydrogens (tertiary/aromatic N) is 1. The molecule has 4 nitrogen and oxygen atoms in total. The van der Waals surface area contributed by atoms with Crippen molar-refractivity contribution in [2.24, 2.45) is 0 Å². The van der Waals surface area contributed by atoms with Gasteiger partial charge in [-0.15, -0.1) is 0 Å². The van der Waals surface area contributed by atoms with Crippen molar-refractivity contribution in [3.05, 3.63) is 62.8 Å². The van der Waals surface area contributed by atoms with Gasteiger partial charge in [0.15, 0.2) is 5.76 Å². The Bertz CT molecular complexity index is 914. The summed E-state index contributed by atoms with van der Waals surface area (Å²) in [4.78, 5) is 15.3. The lowest BCUT2D eigenvalue weighted by Crippen LogP contribution is -2.25. The monoisotopic (exact) mass is 443 g/mol. The normalized spacial score (nSPS) is 14.6. The van der Waals surface area contributed by atoms with Crippen molar-refractivity contribution < 1.29 is 14.6 Å². The number of ether oxygens (including phenoxy) is 1. The molecule has 2 aromatic rings. The van der Waals surface area contributed by atoms with Gasteiger partial charge in [0.25, 0.3) is 0 Å². The van der Waals surface area contributed by atoms with Crippen molar-refractivity contribution in [3.63, 3.8) is 0 Å². The highest BCUT2D eigenvalue weighted by molar-refractivity contribution is 9.10. The van der Waals surface area contributed by atoms with Crippen LogP contribution in [0.25, 0.3) is 6.08 Å². The molecular formula is C23H26BrNO3. The first-order valence-electron chi connectivity index (χ1n) is 9.72. The fraction of sp³-hybridized carbons (Fsp3) is 0.348. The summed E-state index contributed by atoms with van der Waals surface area (Å²) in [6.07, 6.45) is 3.81. The SMILES string of the molecule is CCCN(CCC)Cc1c(O)cc(C)c2c1O/C(=C/c1cccc(Br)c1)C2=O. The number of hydrogen-bond donors (Lipinski definition) is 1. The maximum absolute atomic E-state index is 13.0. The molecule has 0 fully saturated rings. The van der Waals surface area contributed by atoms with Gasteiger partial charge in [0.2, 0.25) is 5.78 Å². The first kappa shape index (κ1) is 20.6. The molecule has 1 heterocycles. The number of phenols is 1. The summed E-state index contributed by atoms with van der Waals surface area (Å²) in [6.45, 7) is 8.55. The molecular weight excluding hydrogens is 418 g/mol. The molecule has 0 unspecified atom stereocenters. The Kier molecular flexibility index (Phi) is 6.57. The molecule has 148 valence electrons. The van der Waals surface area contributed by atoms with Gasteiger partial charge in [-0.2, -0.15) is 0 Å². The minimum atomic E-state index is -0.133. The number of halogens is 1. The van der Waals surface area contributed by atoms with E-state index in [2.05, 4.69) is 34.7 Å². The number of aryl methyl sites for hydroxylation is 1. The first-order chi connectivity index (χ1) is 13.4. The van der Waals surface area contributed by atoms with Gasteiger partial charge in [-0.3, -0.25) is 9.69 Å². The zero-order valence-electron chi connectivity index (χ0n) is 16.6. The third kappa shape index (κ3) is 4.31. The maximum Gasteiger partial charge on any atom is 0.232 e. The molecule has 1 N–H and O–H groups in total. The molecule has 0 saturated carbocycles. The molecule has 28 heavy (non-hydrogen) atoms. The standard InChI is InChI=1S/C23H26BrNO3/c1-4-9-25(10-5-2)14-18-19(26)11-15(3)21-22(27)20(28-23(18)21)13-16-7-6-8-17(24)12-16/h6-8,11-13,26H,4-5,9-10,14H2,1-3H3/b20-13+. The van der Waals surface area contributed by atoms with Gasteiger partial charge in [0.1, 0.15) is 11.5 Å². The predicted octanol–water partition coefficient (Wildman–Crippen LogP) is 5.70. The highest BCUT2D eigenvalue weighted by Crippen LogP contribution is 2.42. The maximum atomic E-state index is 13.0. The topological polar surface area (TPSA) is 49.8 Å². The van der Waals surface area contributed by atoms with E-state index in [9.17, 15) is 9.90 Å². The predicted molar refractivity (Wildman–Crippen MR) is 116 cm³/mol. The quantitative estimate of drug-likeness (QED) is 0.557. The number of allylic oxidation sites excluding steroid dienone is 1. The smallest absolute Gasteiger partial charge is 0.232 e. The number of fused-ring (bicyclic) bond motifs is 1. The summed E-state index contributed by atoms with van der Waals surface area (Å²) < 4.78 is 6.96. The Balaban J connectivity index is 2.00. The van der Waals surface area contributed by atoms with Crippen molar-refractivity contribution in [1.82, 2.24) is 4.90 Å². The van der Waals surface area contributed by atoms with Gasteiger partial charge in [-0.25, -0.2) is 0 Å². The largest absolute Gasteiger partial charge is 0.507 e. The van der Waals surface area contributed by atoms with E-state index in [1.165, 1.54) is 0 Å². The Morgan fingerprint density at radius 1 is 1.18 bits per heavy atom. The minimum Gasteiger partial charge on any atom is -0.507 e. The van der Waals surface area contributed by atoms with Crippen LogP contribution in [0.1, 0.15) is 53.7 Å². The average molecular weight is 444 g/mol. The van der Waals surface area contributed by atoms with E-state index in [1.54, 1.807) is 12.1 Å². The van der Waals surface area contributed by atoms with Crippen LogP contribution in [0.4, 0.5) is 0 Å². The third-order valence-electron chi connectivity index (χ3n) is 4.83. The molecule has 0 atom stereocenters. The lowest BCUT2D eigenvalue weighted by Gasteiger charge is -2.22. The summed E-state index contributed by atoms with van der Waals surface area (Å²) in [5.74, 6) is 0.845. The molecule has 3 rings (SSSR count). The second-order valence-electron chi connectivity index (χ2n) is 7.17. The van der Waals surface area contributed by atoms with Gasteiger partial charge in [-0.1, -0.05) is 41.9 Å². The summed E-state index contributed by atoms with van der Waals surface area (Å²) in [5.41, 5.74) is 2.86. The molecule has 0 spiro atoms. The van der Waals surface area contributed by atoms with E-state index >= 15 is 0 Å². The summed E-state index contributed by atoms with van der Waals surface area (Å²) in [7, 11) is 0. The Morgan fingerprint density at radius 2 is 1.89 bits per heavy atom. The van der Waals surface area contributed by atoms with Gasteiger partial charge in [0.05, 0.1) is 11.1 Å².